The number of fused-ring (bicyclic) bond motifs is 3. The van der Waals surface area contributed by atoms with Crippen LogP contribution in [0.15, 0.2) is 59.3 Å². The third kappa shape index (κ3) is 4.16. The zero-order chi connectivity index (χ0) is 21.2. The topological polar surface area (TPSA) is 68.2 Å². The van der Waals surface area contributed by atoms with Gasteiger partial charge >= 0.3 is 0 Å². The van der Waals surface area contributed by atoms with E-state index in [4.69, 9.17) is 4.74 Å². The minimum absolute atomic E-state index is 0.0530. The van der Waals surface area contributed by atoms with Gasteiger partial charge in [-0.1, -0.05) is 18.2 Å². The maximum Gasteiger partial charge on any atom is 0.262 e. The lowest BCUT2D eigenvalue weighted by molar-refractivity contribution is 0.414. The monoisotopic (exact) mass is 433 g/mol. The van der Waals surface area contributed by atoms with Gasteiger partial charge in [0.05, 0.1) is 31.9 Å². The van der Waals surface area contributed by atoms with Crippen molar-refractivity contribution in [3.63, 3.8) is 0 Å². The van der Waals surface area contributed by atoms with Gasteiger partial charge in [-0.05, 0) is 60.4 Å². The molecule has 6 nitrogen and oxygen atoms in total. The molecule has 1 aromatic carbocycles. The SMILES string of the molecule is COc1cccc(Cn2cnc3sc4c(c3c2=O)CCC(NCC2=C[CH]NC=C2)C4)c1. The van der Waals surface area contributed by atoms with E-state index in [-0.39, 0.29) is 5.56 Å². The van der Waals surface area contributed by atoms with Gasteiger partial charge < -0.3 is 15.4 Å². The number of thiophene rings is 1. The van der Waals surface area contributed by atoms with Crippen molar-refractivity contribution in [2.75, 3.05) is 13.7 Å². The molecule has 7 heteroatoms. The highest BCUT2D eigenvalue weighted by atomic mass is 32.1. The highest BCUT2D eigenvalue weighted by Gasteiger charge is 2.25. The van der Waals surface area contributed by atoms with E-state index < -0.39 is 0 Å². The van der Waals surface area contributed by atoms with Crippen LogP contribution in [0, 0.1) is 6.54 Å². The normalized spacial score (nSPS) is 17.8. The average molecular weight is 434 g/mol. The summed E-state index contributed by atoms with van der Waals surface area (Å²) in [6.07, 6.45) is 10.7. The number of hydrogen-bond donors (Lipinski definition) is 2. The first kappa shape index (κ1) is 20.0. The van der Waals surface area contributed by atoms with E-state index in [1.54, 1.807) is 29.3 Å². The number of dihydropyridines is 1. The number of nitrogens with zero attached hydrogens (tertiary/aromatic N) is 2. The molecule has 2 aromatic heterocycles. The van der Waals surface area contributed by atoms with Gasteiger partial charge in [0, 0.05) is 17.5 Å². The van der Waals surface area contributed by atoms with Crippen molar-refractivity contribution in [1.82, 2.24) is 20.2 Å². The second-order valence-electron chi connectivity index (χ2n) is 7.94. The molecule has 1 unspecified atom stereocenters. The number of benzene rings is 1. The lowest BCUT2D eigenvalue weighted by Crippen LogP contribution is -2.35. The summed E-state index contributed by atoms with van der Waals surface area (Å²) in [5, 5.41) is 7.54. The molecule has 0 amide bonds. The zero-order valence-corrected chi connectivity index (χ0v) is 18.2. The lowest BCUT2D eigenvalue weighted by atomic mass is 9.93. The first-order valence-corrected chi connectivity index (χ1v) is 11.3. The molecule has 0 spiro atoms. The van der Waals surface area contributed by atoms with Crippen molar-refractivity contribution in [3.05, 3.63) is 87.4 Å². The van der Waals surface area contributed by atoms with Gasteiger partial charge in [0.25, 0.3) is 5.56 Å². The molecule has 1 radical (unpaired) electrons. The Kier molecular flexibility index (Phi) is 5.61. The average Bonchev–Trinajstić information content (AvgIpc) is 3.19. The fourth-order valence-electron chi connectivity index (χ4n) is 4.26. The third-order valence-electron chi connectivity index (χ3n) is 5.90. The van der Waals surface area contributed by atoms with Crippen molar-refractivity contribution in [2.24, 2.45) is 0 Å². The maximum absolute atomic E-state index is 13.3. The Bertz CT molecular complexity index is 1220. The van der Waals surface area contributed by atoms with Crippen molar-refractivity contribution >= 4 is 21.6 Å². The van der Waals surface area contributed by atoms with Crippen LogP contribution in [-0.4, -0.2) is 29.2 Å². The van der Waals surface area contributed by atoms with E-state index in [0.29, 0.717) is 12.6 Å². The molecule has 3 heterocycles. The molecule has 0 fully saturated rings. The number of nitrogens with one attached hydrogen (secondary N) is 2. The standard InChI is InChI=1S/C24H25N4O2S/c1-30-19-4-2-3-17(11-19)14-28-15-27-23-22(24(28)29)20-6-5-18(12-21(20)31-23)26-13-16-7-9-25-10-8-16/h2-4,7-11,15,18,25-26H,5-6,12-14H2,1H3. The molecule has 159 valence electrons. The first-order valence-electron chi connectivity index (χ1n) is 10.5. The van der Waals surface area contributed by atoms with Crippen LogP contribution in [0.4, 0.5) is 0 Å². The van der Waals surface area contributed by atoms with Gasteiger partial charge in [-0.3, -0.25) is 9.36 Å². The number of aromatic nitrogens is 2. The summed E-state index contributed by atoms with van der Waals surface area (Å²) in [5.74, 6) is 0.791. The van der Waals surface area contributed by atoms with Crippen molar-refractivity contribution in [3.8, 4) is 5.75 Å². The van der Waals surface area contributed by atoms with Gasteiger partial charge in [-0.25, -0.2) is 4.98 Å². The number of ether oxygens (including phenoxy) is 1. The Morgan fingerprint density at radius 1 is 1.39 bits per heavy atom. The zero-order valence-electron chi connectivity index (χ0n) is 17.4. The molecule has 31 heavy (non-hydrogen) atoms. The van der Waals surface area contributed by atoms with Gasteiger partial charge in [0.2, 0.25) is 0 Å². The Labute approximate surface area is 185 Å². The maximum atomic E-state index is 13.3. The smallest absolute Gasteiger partial charge is 0.262 e. The van der Waals surface area contributed by atoms with Crippen LogP contribution in [0.5, 0.6) is 5.75 Å². The van der Waals surface area contributed by atoms with Crippen molar-refractivity contribution in [1.29, 1.82) is 0 Å². The van der Waals surface area contributed by atoms with Crippen molar-refractivity contribution in [2.45, 2.75) is 31.8 Å². The minimum atomic E-state index is 0.0530. The van der Waals surface area contributed by atoms with E-state index in [2.05, 4.69) is 27.8 Å². The summed E-state index contributed by atoms with van der Waals surface area (Å²) in [6.45, 7) is 3.29. The molecule has 1 aliphatic carbocycles. The highest BCUT2D eigenvalue weighted by Crippen LogP contribution is 2.33. The molecule has 2 N–H and O–H groups in total. The molecule has 2 aliphatic rings. The molecule has 0 saturated heterocycles. The summed E-state index contributed by atoms with van der Waals surface area (Å²) < 4.78 is 7.01. The van der Waals surface area contributed by atoms with Gasteiger partial charge in [0.15, 0.2) is 0 Å². The van der Waals surface area contributed by atoms with Crippen molar-refractivity contribution < 1.29 is 4.74 Å². The van der Waals surface area contributed by atoms with E-state index in [0.717, 1.165) is 47.3 Å². The van der Waals surface area contributed by atoms with E-state index in [1.165, 1.54) is 16.0 Å². The fraction of sp³-hybridized carbons (Fsp3) is 0.292. The summed E-state index contributed by atoms with van der Waals surface area (Å²) in [7, 11) is 1.65. The minimum Gasteiger partial charge on any atom is -0.497 e. The van der Waals surface area contributed by atoms with Crippen LogP contribution < -0.4 is 20.9 Å². The number of rotatable bonds is 6. The van der Waals surface area contributed by atoms with E-state index in [1.807, 2.05) is 37.0 Å². The number of aryl methyl sites for hydroxylation is 1. The van der Waals surface area contributed by atoms with Crippen LogP contribution in [-0.2, 0) is 19.4 Å². The lowest BCUT2D eigenvalue weighted by Gasteiger charge is -2.24. The van der Waals surface area contributed by atoms with Crippen LogP contribution in [0.2, 0.25) is 0 Å². The van der Waals surface area contributed by atoms with Gasteiger partial charge in [-0.2, -0.15) is 0 Å². The molecular weight excluding hydrogens is 408 g/mol. The summed E-state index contributed by atoms with van der Waals surface area (Å²) in [4.78, 5) is 20.1. The van der Waals surface area contributed by atoms with E-state index >= 15 is 0 Å². The van der Waals surface area contributed by atoms with E-state index in [9.17, 15) is 4.79 Å². The Balaban J connectivity index is 1.36. The van der Waals surface area contributed by atoms with Crippen LogP contribution >= 0.6 is 11.3 Å². The molecule has 0 saturated carbocycles. The molecule has 5 rings (SSSR count). The first-order chi connectivity index (χ1) is 15.2. The molecule has 3 aromatic rings. The molecule has 0 bridgehead atoms. The number of hydrogen-bond acceptors (Lipinski definition) is 6. The summed E-state index contributed by atoms with van der Waals surface area (Å²) in [5.41, 5.74) is 3.54. The highest BCUT2D eigenvalue weighted by molar-refractivity contribution is 7.18. The summed E-state index contributed by atoms with van der Waals surface area (Å²) in [6, 6.07) is 8.23. The number of methoxy groups -OCH3 is 1. The molecule has 1 aliphatic heterocycles. The molecular formula is C24H25N4O2S. The second kappa shape index (κ2) is 8.69. The third-order valence-corrected chi connectivity index (χ3v) is 7.07. The predicted molar refractivity (Wildman–Crippen MR) is 124 cm³/mol. The van der Waals surface area contributed by atoms with Crippen LogP contribution in [0.25, 0.3) is 10.2 Å². The summed E-state index contributed by atoms with van der Waals surface area (Å²) >= 11 is 1.67. The Morgan fingerprint density at radius 3 is 3.16 bits per heavy atom. The fourth-order valence-corrected chi connectivity index (χ4v) is 5.51. The second-order valence-corrected chi connectivity index (χ2v) is 9.03. The predicted octanol–water partition coefficient (Wildman–Crippen LogP) is 3.17. The van der Waals surface area contributed by atoms with Crippen LogP contribution in [0.3, 0.4) is 0 Å². The quantitative estimate of drug-likeness (QED) is 0.625. The van der Waals surface area contributed by atoms with Gasteiger partial charge in [0.1, 0.15) is 10.6 Å². The molecule has 1 atom stereocenters. The Hall–Kier alpha value is -2.90. The Morgan fingerprint density at radius 2 is 2.32 bits per heavy atom. The largest absolute Gasteiger partial charge is 0.497 e. The van der Waals surface area contributed by atoms with Gasteiger partial charge in [-0.15, -0.1) is 11.3 Å². The van der Waals surface area contributed by atoms with Crippen LogP contribution in [0.1, 0.15) is 22.4 Å².